The standard InChI is InChI=1S/C13H24N2O2/c1-9-5-14-6-11(9)12(16)15-7-10(2)17-13(3,4)8-15/h9-11,14H,5-8H2,1-4H3/t9-,10?,11-/m1/s1. The molecule has 2 fully saturated rings. The summed E-state index contributed by atoms with van der Waals surface area (Å²) in [7, 11) is 0. The van der Waals surface area contributed by atoms with Crippen molar-refractivity contribution in [2.24, 2.45) is 11.8 Å². The lowest BCUT2D eigenvalue weighted by molar-refractivity contribution is -0.162. The van der Waals surface area contributed by atoms with Gasteiger partial charge in [0.25, 0.3) is 0 Å². The number of ether oxygens (including phenoxy) is 1. The molecule has 1 unspecified atom stereocenters. The van der Waals surface area contributed by atoms with Crippen molar-refractivity contribution in [1.82, 2.24) is 10.2 Å². The summed E-state index contributed by atoms with van der Waals surface area (Å²) < 4.78 is 5.83. The van der Waals surface area contributed by atoms with Crippen LogP contribution in [0.25, 0.3) is 0 Å². The summed E-state index contributed by atoms with van der Waals surface area (Å²) in [6.07, 6.45) is 0.132. The summed E-state index contributed by atoms with van der Waals surface area (Å²) in [5.41, 5.74) is -0.220. The van der Waals surface area contributed by atoms with Crippen LogP contribution in [0.2, 0.25) is 0 Å². The summed E-state index contributed by atoms with van der Waals surface area (Å²) in [6, 6.07) is 0. The number of carbonyl (C=O) groups excluding carboxylic acids is 1. The highest BCUT2D eigenvalue weighted by atomic mass is 16.5. The molecule has 1 amide bonds. The van der Waals surface area contributed by atoms with Gasteiger partial charge in [-0.1, -0.05) is 6.92 Å². The molecule has 0 saturated carbocycles. The van der Waals surface area contributed by atoms with Crippen molar-refractivity contribution >= 4 is 5.91 Å². The van der Waals surface area contributed by atoms with Gasteiger partial charge in [-0.3, -0.25) is 4.79 Å². The van der Waals surface area contributed by atoms with Crippen LogP contribution in [0.1, 0.15) is 27.7 Å². The fourth-order valence-electron chi connectivity index (χ4n) is 3.00. The zero-order valence-corrected chi connectivity index (χ0v) is 11.3. The normalized spacial score (nSPS) is 37.2. The highest BCUT2D eigenvalue weighted by molar-refractivity contribution is 5.80. The van der Waals surface area contributed by atoms with E-state index in [0.29, 0.717) is 18.4 Å². The lowest BCUT2D eigenvalue weighted by Crippen LogP contribution is -2.55. The van der Waals surface area contributed by atoms with E-state index in [2.05, 4.69) is 26.1 Å². The van der Waals surface area contributed by atoms with Crippen LogP contribution in [0.3, 0.4) is 0 Å². The first kappa shape index (κ1) is 12.8. The number of amides is 1. The summed E-state index contributed by atoms with van der Waals surface area (Å²) in [6.45, 7) is 11.5. The SMILES string of the molecule is CC1CN(C(=O)[C@@H]2CNC[C@H]2C)CC(C)(C)O1. The fourth-order valence-corrected chi connectivity index (χ4v) is 3.00. The van der Waals surface area contributed by atoms with Crippen LogP contribution in [-0.2, 0) is 9.53 Å². The predicted octanol–water partition coefficient (Wildman–Crippen LogP) is 0.868. The zero-order chi connectivity index (χ0) is 12.6. The third-order valence-electron chi connectivity index (χ3n) is 3.72. The number of carbonyl (C=O) groups is 1. The van der Waals surface area contributed by atoms with Crippen LogP contribution < -0.4 is 5.32 Å². The van der Waals surface area contributed by atoms with Crippen LogP contribution >= 0.6 is 0 Å². The minimum Gasteiger partial charge on any atom is -0.369 e. The van der Waals surface area contributed by atoms with Gasteiger partial charge in [-0.25, -0.2) is 0 Å². The first-order valence-corrected chi connectivity index (χ1v) is 6.56. The van der Waals surface area contributed by atoms with Gasteiger partial charge in [-0.15, -0.1) is 0 Å². The van der Waals surface area contributed by atoms with Crippen molar-refractivity contribution < 1.29 is 9.53 Å². The molecule has 4 nitrogen and oxygen atoms in total. The van der Waals surface area contributed by atoms with E-state index in [1.54, 1.807) is 0 Å². The Balaban J connectivity index is 2.03. The van der Waals surface area contributed by atoms with E-state index < -0.39 is 0 Å². The highest BCUT2D eigenvalue weighted by Crippen LogP contribution is 2.25. The molecule has 0 radical (unpaired) electrons. The third kappa shape index (κ3) is 2.80. The molecule has 0 aromatic heterocycles. The Morgan fingerprint density at radius 2 is 2.06 bits per heavy atom. The maximum absolute atomic E-state index is 12.5. The van der Waals surface area contributed by atoms with E-state index >= 15 is 0 Å². The molecule has 2 aliphatic rings. The molecule has 4 heteroatoms. The monoisotopic (exact) mass is 240 g/mol. The van der Waals surface area contributed by atoms with E-state index in [-0.39, 0.29) is 17.6 Å². The van der Waals surface area contributed by atoms with Gasteiger partial charge >= 0.3 is 0 Å². The molecule has 3 atom stereocenters. The first-order valence-electron chi connectivity index (χ1n) is 6.56. The van der Waals surface area contributed by atoms with Crippen LogP contribution in [-0.4, -0.2) is 48.7 Å². The van der Waals surface area contributed by atoms with Gasteiger partial charge in [0, 0.05) is 19.6 Å². The number of morpholine rings is 1. The van der Waals surface area contributed by atoms with Crippen molar-refractivity contribution in [3.8, 4) is 0 Å². The molecule has 1 N–H and O–H groups in total. The maximum Gasteiger partial charge on any atom is 0.227 e. The number of nitrogens with zero attached hydrogens (tertiary/aromatic N) is 1. The van der Waals surface area contributed by atoms with Crippen LogP contribution in [0.15, 0.2) is 0 Å². The summed E-state index contributed by atoms with van der Waals surface area (Å²) in [5, 5.41) is 3.30. The van der Waals surface area contributed by atoms with Gasteiger partial charge < -0.3 is 15.0 Å². The number of nitrogens with one attached hydrogen (secondary N) is 1. The van der Waals surface area contributed by atoms with Crippen molar-refractivity contribution in [3.05, 3.63) is 0 Å². The Morgan fingerprint density at radius 3 is 2.59 bits per heavy atom. The molecule has 0 spiro atoms. The van der Waals surface area contributed by atoms with E-state index in [1.807, 2.05) is 11.8 Å². The van der Waals surface area contributed by atoms with Gasteiger partial charge in [0.15, 0.2) is 0 Å². The van der Waals surface area contributed by atoms with Crippen molar-refractivity contribution in [2.75, 3.05) is 26.2 Å². The quantitative estimate of drug-likeness (QED) is 0.739. The second-order valence-electron chi connectivity index (χ2n) is 6.15. The number of hydrogen-bond acceptors (Lipinski definition) is 3. The molecule has 2 heterocycles. The summed E-state index contributed by atoms with van der Waals surface area (Å²) in [4.78, 5) is 14.5. The van der Waals surface area contributed by atoms with Crippen molar-refractivity contribution in [3.63, 3.8) is 0 Å². The summed E-state index contributed by atoms with van der Waals surface area (Å²) in [5.74, 6) is 0.894. The Morgan fingerprint density at radius 1 is 1.35 bits per heavy atom. The Bertz CT molecular complexity index is 304. The van der Waals surface area contributed by atoms with Gasteiger partial charge in [0.05, 0.1) is 17.6 Å². The Labute approximate surface area is 104 Å². The predicted molar refractivity (Wildman–Crippen MR) is 66.7 cm³/mol. The number of hydrogen-bond donors (Lipinski definition) is 1. The summed E-state index contributed by atoms with van der Waals surface area (Å²) >= 11 is 0. The van der Waals surface area contributed by atoms with E-state index in [9.17, 15) is 4.79 Å². The van der Waals surface area contributed by atoms with Crippen molar-refractivity contribution in [1.29, 1.82) is 0 Å². The largest absolute Gasteiger partial charge is 0.369 e. The Kier molecular flexibility index (Phi) is 3.46. The second-order valence-corrected chi connectivity index (χ2v) is 6.15. The van der Waals surface area contributed by atoms with E-state index in [4.69, 9.17) is 4.74 Å². The van der Waals surface area contributed by atoms with Gasteiger partial charge in [0.2, 0.25) is 5.91 Å². The van der Waals surface area contributed by atoms with Gasteiger partial charge in [0.1, 0.15) is 0 Å². The molecule has 0 bridgehead atoms. The molecular weight excluding hydrogens is 216 g/mol. The molecule has 2 rings (SSSR count). The average Bonchev–Trinajstić information content (AvgIpc) is 2.60. The Hall–Kier alpha value is -0.610. The number of rotatable bonds is 1. The second kappa shape index (κ2) is 4.58. The van der Waals surface area contributed by atoms with Gasteiger partial charge in [-0.2, -0.15) is 0 Å². The van der Waals surface area contributed by atoms with E-state index in [1.165, 1.54) is 0 Å². The molecule has 17 heavy (non-hydrogen) atoms. The van der Waals surface area contributed by atoms with Crippen LogP contribution in [0.5, 0.6) is 0 Å². The molecule has 2 aliphatic heterocycles. The van der Waals surface area contributed by atoms with Crippen LogP contribution in [0.4, 0.5) is 0 Å². The van der Waals surface area contributed by atoms with Crippen LogP contribution in [0, 0.1) is 11.8 Å². The molecule has 2 saturated heterocycles. The minimum absolute atomic E-state index is 0.132. The molecular formula is C13H24N2O2. The minimum atomic E-state index is -0.220. The zero-order valence-electron chi connectivity index (χ0n) is 11.3. The topological polar surface area (TPSA) is 41.6 Å². The lowest BCUT2D eigenvalue weighted by atomic mass is 9.95. The fraction of sp³-hybridized carbons (Fsp3) is 0.923. The smallest absolute Gasteiger partial charge is 0.227 e. The van der Waals surface area contributed by atoms with Gasteiger partial charge in [-0.05, 0) is 33.2 Å². The third-order valence-corrected chi connectivity index (χ3v) is 3.72. The van der Waals surface area contributed by atoms with E-state index in [0.717, 1.165) is 19.6 Å². The maximum atomic E-state index is 12.5. The molecule has 0 aromatic carbocycles. The molecule has 0 aromatic rings. The van der Waals surface area contributed by atoms with Crippen molar-refractivity contribution in [2.45, 2.75) is 39.4 Å². The highest BCUT2D eigenvalue weighted by Gasteiger charge is 2.38. The molecule has 98 valence electrons. The lowest BCUT2D eigenvalue weighted by Gasteiger charge is -2.42. The molecule has 0 aliphatic carbocycles. The first-order chi connectivity index (χ1) is 7.89. The average molecular weight is 240 g/mol.